The smallest absolute Gasteiger partial charge is 0.323 e. The summed E-state index contributed by atoms with van der Waals surface area (Å²) in [5.74, 6) is -1.88. The highest BCUT2D eigenvalue weighted by Gasteiger charge is 2.26. The van der Waals surface area contributed by atoms with E-state index >= 15 is 0 Å². The molecule has 0 radical (unpaired) electrons. The summed E-state index contributed by atoms with van der Waals surface area (Å²) in [6, 6.07) is 18.9. The van der Waals surface area contributed by atoms with Crippen molar-refractivity contribution in [1.29, 1.82) is 0 Å². The fourth-order valence-corrected chi connectivity index (χ4v) is 6.71. The maximum absolute atomic E-state index is 13.2. The van der Waals surface area contributed by atoms with E-state index in [9.17, 15) is 50.5 Å². The fraction of sp³-hybridized carbons (Fsp3) is 0.0571. The van der Waals surface area contributed by atoms with E-state index in [1.807, 2.05) is 0 Å². The molecule has 6 N–H and O–H groups in total. The number of nitrogens with one attached hydrogen (secondary N) is 2. The number of nitrogens with zero attached hydrogens (tertiary/aromatic N) is 2. The number of carbonyl (C=O) groups is 3. The second-order valence-corrected chi connectivity index (χ2v) is 14.5. The van der Waals surface area contributed by atoms with Gasteiger partial charge in [0.25, 0.3) is 32.1 Å². The first-order valence-electron chi connectivity index (χ1n) is 15.1. The van der Waals surface area contributed by atoms with Crippen LogP contribution in [0.4, 0.5) is 16.2 Å². The number of benzene rings is 4. The number of hydrogen-bond acceptors (Lipinski definition) is 9. The van der Waals surface area contributed by atoms with Gasteiger partial charge < -0.3 is 20.8 Å². The number of anilines is 2. The highest BCUT2D eigenvalue weighted by Crippen LogP contribution is 2.29. The van der Waals surface area contributed by atoms with Crippen LogP contribution in [0.2, 0.25) is 0 Å². The summed E-state index contributed by atoms with van der Waals surface area (Å²) >= 11 is 0. The van der Waals surface area contributed by atoms with Gasteiger partial charge in [-0.25, -0.2) is 14.8 Å². The van der Waals surface area contributed by atoms with Crippen LogP contribution in [0.15, 0.2) is 117 Å². The minimum absolute atomic E-state index is 0.0235. The van der Waals surface area contributed by atoms with E-state index in [2.05, 4.69) is 20.6 Å². The number of aliphatic imine (C=N–C) groups is 2. The Hall–Kier alpha value is -6.27. The van der Waals surface area contributed by atoms with Gasteiger partial charge >= 0.3 is 6.03 Å². The molecule has 17 heteroatoms. The van der Waals surface area contributed by atoms with Crippen LogP contribution in [0, 0.1) is 0 Å². The molecular formula is C35H26N4O11S2. The van der Waals surface area contributed by atoms with Crippen LogP contribution in [0.5, 0.6) is 11.5 Å². The van der Waals surface area contributed by atoms with Crippen molar-refractivity contribution in [3.63, 3.8) is 0 Å². The molecule has 4 aromatic rings. The molecule has 2 aliphatic rings. The Morgan fingerprint density at radius 3 is 1.37 bits per heavy atom. The molecule has 4 amide bonds. The minimum atomic E-state index is -4.62. The van der Waals surface area contributed by atoms with Crippen molar-refractivity contribution in [2.45, 2.75) is 12.8 Å². The molecule has 0 bridgehead atoms. The van der Waals surface area contributed by atoms with E-state index in [1.54, 1.807) is 0 Å². The first-order chi connectivity index (χ1) is 24.5. The average molecular weight is 743 g/mol. The third-order valence-corrected chi connectivity index (χ3v) is 9.75. The third-order valence-electron chi connectivity index (χ3n) is 7.90. The quantitative estimate of drug-likeness (QED) is 0.148. The topological polar surface area (TPSA) is 249 Å². The maximum atomic E-state index is 13.2. The van der Waals surface area contributed by atoms with Gasteiger partial charge in [-0.3, -0.25) is 18.7 Å². The molecule has 0 saturated heterocycles. The zero-order chi connectivity index (χ0) is 37.4. The molecule has 0 aromatic heterocycles. The van der Waals surface area contributed by atoms with E-state index in [4.69, 9.17) is 0 Å². The monoisotopic (exact) mass is 742 g/mol. The molecule has 0 fully saturated rings. The van der Waals surface area contributed by atoms with Gasteiger partial charge in [0.1, 0.15) is 11.5 Å². The summed E-state index contributed by atoms with van der Waals surface area (Å²) in [6.07, 6.45) is 1.71. The molecule has 2 aliphatic carbocycles. The van der Waals surface area contributed by atoms with Crippen molar-refractivity contribution in [2.24, 2.45) is 9.98 Å². The number of allylic oxidation sites excluding steroid dienone is 4. The van der Waals surface area contributed by atoms with Crippen LogP contribution < -0.4 is 10.6 Å². The van der Waals surface area contributed by atoms with E-state index in [0.29, 0.717) is 22.3 Å². The van der Waals surface area contributed by atoms with Crippen molar-refractivity contribution in [3.8, 4) is 11.5 Å². The predicted molar refractivity (Wildman–Crippen MR) is 190 cm³/mol. The van der Waals surface area contributed by atoms with Gasteiger partial charge in [-0.2, -0.15) is 16.8 Å². The average Bonchev–Trinajstić information content (AvgIpc) is 3.07. The minimum Gasteiger partial charge on any atom is -0.508 e. The van der Waals surface area contributed by atoms with Crippen LogP contribution in [-0.4, -0.2) is 65.4 Å². The Kier molecular flexibility index (Phi) is 9.44. The third kappa shape index (κ3) is 8.03. The van der Waals surface area contributed by atoms with Gasteiger partial charge in [0.05, 0.1) is 21.2 Å². The fourth-order valence-electron chi connectivity index (χ4n) is 5.51. The summed E-state index contributed by atoms with van der Waals surface area (Å²) in [5.41, 5.74) is 1.69. The molecule has 0 aliphatic heterocycles. The first kappa shape index (κ1) is 35.6. The lowest BCUT2D eigenvalue weighted by molar-refractivity contribution is 0.0995. The standard InChI is InChI=1S/C35H26N4O11S2/c40-25-7-9-29-21(13-25)15-27(51(45,46)47)17-31(29)38-33(42)19-3-1-5-23(11-19)36-35(44)37-24-6-2-4-20(12-24)34(43)39-32-18-28(52(48,49)50)16-22-14-26(41)8-10-30(22)32/h1-14,17-18,40-41H,15-16H2,(H2,36,37,44)(H,45,46,47)(H,48,49,50). The number of phenols is 2. The van der Waals surface area contributed by atoms with Crippen LogP contribution in [0.25, 0.3) is 0 Å². The largest absolute Gasteiger partial charge is 0.508 e. The van der Waals surface area contributed by atoms with Gasteiger partial charge in [-0.05, 0) is 96.1 Å². The summed E-state index contributed by atoms with van der Waals surface area (Å²) < 4.78 is 66.7. The number of fused-ring (bicyclic) bond motifs is 2. The van der Waals surface area contributed by atoms with Gasteiger partial charge in [-0.15, -0.1) is 0 Å². The van der Waals surface area contributed by atoms with Gasteiger partial charge in [0, 0.05) is 46.5 Å². The molecule has 0 saturated carbocycles. The second kappa shape index (κ2) is 13.8. The lowest BCUT2D eigenvalue weighted by Crippen LogP contribution is -2.20. The Balaban J connectivity index is 1.18. The number of urea groups is 1. The molecule has 264 valence electrons. The SMILES string of the molecule is O=C(Nc1cccc(C(=O)N=C2C=C(S(=O)(=O)O)Cc3cc(O)ccc32)c1)Nc1cccc(C(=O)N=C2C=C(S(=O)(=O)O)Cc3cc(O)ccc32)c1. The van der Waals surface area contributed by atoms with Crippen molar-refractivity contribution in [3.05, 3.63) is 140 Å². The van der Waals surface area contributed by atoms with Gasteiger partial charge in [0.2, 0.25) is 0 Å². The normalized spacial score (nSPS) is 15.6. The molecule has 6 rings (SSSR count). The van der Waals surface area contributed by atoms with Crippen LogP contribution in [-0.2, 0) is 33.1 Å². The molecule has 0 spiro atoms. The van der Waals surface area contributed by atoms with E-state index in [0.717, 1.165) is 12.2 Å². The molecule has 52 heavy (non-hydrogen) atoms. The molecule has 0 heterocycles. The summed E-state index contributed by atoms with van der Waals surface area (Å²) in [7, 11) is -9.25. The Morgan fingerprint density at radius 1 is 0.577 bits per heavy atom. The molecule has 0 unspecified atom stereocenters. The van der Waals surface area contributed by atoms with Crippen LogP contribution in [0.1, 0.15) is 43.0 Å². The summed E-state index contributed by atoms with van der Waals surface area (Å²) in [4.78, 5) is 46.5. The van der Waals surface area contributed by atoms with E-state index in [-0.39, 0.29) is 58.3 Å². The Bertz CT molecular complexity index is 2380. The van der Waals surface area contributed by atoms with Gasteiger partial charge in [-0.1, -0.05) is 12.1 Å². The van der Waals surface area contributed by atoms with Gasteiger partial charge in [0.15, 0.2) is 0 Å². The number of rotatable bonds is 6. The molecular weight excluding hydrogens is 717 g/mol. The second-order valence-electron chi connectivity index (χ2n) is 11.6. The van der Waals surface area contributed by atoms with Crippen molar-refractivity contribution >= 4 is 60.9 Å². The van der Waals surface area contributed by atoms with Crippen LogP contribution in [0.3, 0.4) is 0 Å². The highest BCUT2D eigenvalue weighted by molar-refractivity contribution is 7.90. The summed E-state index contributed by atoms with van der Waals surface area (Å²) in [5, 5.41) is 24.8. The molecule has 15 nitrogen and oxygen atoms in total. The zero-order valence-electron chi connectivity index (χ0n) is 26.5. The summed E-state index contributed by atoms with van der Waals surface area (Å²) in [6.45, 7) is 0. The van der Waals surface area contributed by atoms with Crippen molar-refractivity contribution in [1.82, 2.24) is 0 Å². The number of amides is 4. The molecule has 0 atom stereocenters. The molecule has 4 aromatic carbocycles. The van der Waals surface area contributed by atoms with E-state index in [1.165, 1.54) is 84.9 Å². The van der Waals surface area contributed by atoms with Crippen LogP contribution >= 0.6 is 0 Å². The maximum Gasteiger partial charge on any atom is 0.323 e. The van der Waals surface area contributed by atoms with Crippen molar-refractivity contribution in [2.75, 3.05) is 10.6 Å². The lowest BCUT2D eigenvalue weighted by atomic mass is 9.94. The highest BCUT2D eigenvalue weighted by atomic mass is 32.2. The number of carbonyl (C=O) groups excluding carboxylic acids is 3. The lowest BCUT2D eigenvalue weighted by Gasteiger charge is -2.17. The predicted octanol–water partition coefficient (Wildman–Crippen LogP) is 4.66. The number of phenolic OH excluding ortho intramolecular Hbond substituents is 2. The number of aromatic hydroxyl groups is 2. The Morgan fingerprint density at radius 2 is 0.981 bits per heavy atom. The van der Waals surface area contributed by atoms with Crippen molar-refractivity contribution < 1.29 is 50.5 Å². The first-order valence-corrected chi connectivity index (χ1v) is 18.0. The zero-order valence-corrected chi connectivity index (χ0v) is 28.1. The Labute approximate surface area is 295 Å². The van der Waals surface area contributed by atoms with E-state index < -0.39 is 47.9 Å². The number of hydrogen-bond donors (Lipinski definition) is 6.